The quantitative estimate of drug-likeness (QED) is 0.407. The molecule has 5 rings (SSSR count). The van der Waals surface area contributed by atoms with Gasteiger partial charge in [0.15, 0.2) is 6.29 Å². The molecule has 3 heterocycles. The van der Waals surface area contributed by atoms with Crippen LogP contribution in [0.5, 0.6) is 11.6 Å². The van der Waals surface area contributed by atoms with Crippen LogP contribution in [0.1, 0.15) is 42.6 Å². The van der Waals surface area contributed by atoms with E-state index in [4.69, 9.17) is 15.6 Å². The van der Waals surface area contributed by atoms with Crippen molar-refractivity contribution < 1.29 is 14.3 Å². The molecule has 192 valence electrons. The van der Waals surface area contributed by atoms with Crippen LogP contribution in [-0.4, -0.2) is 59.0 Å². The highest BCUT2D eigenvalue weighted by Gasteiger charge is 2.49. The number of para-hydroxylation sites is 1. The van der Waals surface area contributed by atoms with Crippen LogP contribution in [0.4, 0.5) is 5.82 Å². The molecule has 2 aliphatic rings. The predicted octanol–water partition coefficient (Wildman–Crippen LogP) is 3.54. The molecule has 0 bridgehead atoms. The second-order valence-corrected chi connectivity index (χ2v) is 9.49. The molecular weight excluding hydrogens is 468 g/mol. The molecule has 0 unspecified atom stereocenters. The van der Waals surface area contributed by atoms with Crippen LogP contribution < -0.4 is 15.8 Å². The molecule has 3 N–H and O–H groups in total. The Kier molecular flexibility index (Phi) is 7.89. The van der Waals surface area contributed by atoms with Crippen LogP contribution >= 0.6 is 0 Å². The number of aromatic nitrogens is 3. The Morgan fingerprint density at radius 2 is 2.00 bits per heavy atom. The van der Waals surface area contributed by atoms with E-state index in [9.17, 15) is 9.59 Å². The maximum Gasteiger partial charge on any atom is 0.257 e. The first-order valence-corrected chi connectivity index (χ1v) is 12.2. The van der Waals surface area contributed by atoms with Gasteiger partial charge in [-0.1, -0.05) is 24.1 Å². The number of nitrogens with one attached hydrogen (secondary N) is 1. The number of nitrogens with zero attached hydrogens (tertiary/aromatic N) is 4. The minimum atomic E-state index is -0.247. The second-order valence-electron chi connectivity index (χ2n) is 9.49. The van der Waals surface area contributed by atoms with Crippen molar-refractivity contribution in [2.75, 3.05) is 32.9 Å². The summed E-state index contributed by atoms with van der Waals surface area (Å²) in [6, 6.07) is 13.3. The van der Waals surface area contributed by atoms with E-state index in [1.165, 1.54) is 6.42 Å². The Balaban J connectivity index is 0.000000586. The standard InChI is InChI=1S/C24H28N6O2.C4H4O/c1-26-23(31)20-21(16-8-9-19(27-14-16)32-18-6-4-3-5-7-18)28-30(22(20)25)17-12-24(13-17)10-11-29(2)15-24;1-2-3-4-5/h3-9,14,17H,10-13,15,25H2,1-2H3,(H,26,31);4H,1H3. The van der Waals surface area contributed by atoms with Gasteiger partial charge in [-0.15, -0.1) is 0 Å². The van der Waals surface area contributed by atoms with Gasteiger partial charge in [-0.2, -0.15) is 5.10 Å². The van der Waals surface area contributed by atoms with E-state index in [1.54, 1.807) is 26.2 Å². The Hall–Kier alpha value is -4.16. The Morgan fingerprint density at radius 3 is 2.54 bits per heavy atom. The van der Waals surface area contributed by atoms with Crippen LogP contribution in [0.3, 0.4) is 0 Å². The summed E-state index contributed by atoms with van der Waals surface area (Å²) in [6.45, 7) is 3.88. The summed E-state index contributed by atoms with van der Waals surface area (Å²) in [5.74, 6) is 5.93. The first kappa shape index (κ1) is 25.9. The zero-order valence-electron chi connectivity index (χ0n) is 21.4. The molecule has 3 aromatic rings. The monoisotopic (exact) mass is 500 g/mol. The Labute approximate surface area is 217 Å². The van der Waals surface area contributed by atoms with Gasteiger partial charge in [0, 0.05) is 31.4 Å². The minimum absolute atomic E-state index is 0.215. The average molecular weight is 501 g/mol. The number of benzene rings is 1. The summed E-state index contributed by atoms with van der Waals surface area (Å²) in [5.41, 5.74) is 8.49. The molecule has 1 aliphatic heterocycles. The highest BCUT2D eigenvalue weighted by atomic mass is 16.5. The van der Waals surface area contributed by atoms with Crippen molar-refractivity contribution in [1.29, 1.82) is 0 Å². The molecule has 1 spiro atoms. The van der Waals surface area contributed by atoms with E-state index >= 15 is 0 Å². The number of anilines is 1. The van der Waals surface area contributed by atoms with Crippen molar-refractivity contribution in [3.63, 3.8) is 0 Å². The first-order valence-electron chi connectivity index (χ1n) is 12.2. The highest BCUT2D eigenvalue weighted by Crippen LogP contribution is 2.54. The number of carbonyl (C=O) groups is 2. The lowest BCUT2D eigenvalue weighted by atomic mass is 9.65. The van der Waals surface area contributed by atoms with E-state index in [2.05, 4.69) is 34.1 Å². The number of rotatable bonds is 5. The molecule has 2 fully saturated rings. The van der Waals surface area contributed by atoms with Gasteiger partial charge in [0.1, 0.15) is 22.8 Å². The third-order valence-electron chi connectivity index (χ3n) is 6.89. The smallest absolute Gasteiger partial charge is 0.257 e. The minimum Gasteiger partial charge on any atom is -0.439 e. The Morgan fingerprint density at radius 1 is 1.24 bits per heavy atom. The van der Waals surface area contributed by atoms with Crippen molar-refractivity contribution in [3.8, 4) is 34.7 Å². The van der Waals surface area contributed by atoms with E-state index in [-0.39, 0.29) is 11.9 Å². The fourth-order valence-electron chi connectivity index (χ4n) is 5.13. The van der Waals surface area contributed by atoms with Gasteiger partial charge >= 0.3 is 0 Å². The van der Waals surface area contributed by atoms with Crippen LogP contribution in [-0.2, 0) is 4.79 Å². The maximum atomic E-state index is 12.7. The van der Waals surface area contributed by atoms with E-state index < -0.39 is 0 Å². The maximum absolute atomic E-state index is 12.7. The van der Waals surface area contributed by atoms with Crippen LogP contribution in [0.25, 0.3) is 11.3 Å². The van der Waals surface area contributed by atoms with E-state index in [1.807, 2.05) is 41.1 Å². The molecule has 1 amide bonds. The van der Waals surface area contributed by atoms with Gasteiger partial charge in [-0.3, -0.25) is 9.59 Å². The number of pyridine rings is 1. The molecule has 9 heteroatoms. The Bertz CT molecular complexity index is 1300. The number of carbonyl (C=O) groups excluding carboxylic acids is 2. The van der Waals surface area contributed by atoms with Gasteiger partial charge < -0.3 is 20.7 Å². The summed E-state index contributed by atoms with van der Waals surface area (Å²) >= 11 is 0. The zero-order valence-corrected chi connectivity index (χ0v) is 21.4. The van der Waals surface area contributed by atoms with Crippen molar-refractivity contribution >= 4 is 18.0 Å². The molecule has 1 aromatic carbocycles. The third-order valence-corrected chi connectivity index (χ3v) is 6.89. The molecule has 37 heavy (non-hydrogen) atoms. The SMILES string of the molecule is CC#CC=O.CNC(=O)c1c(-c2ccc(Oc3ccccc3)nc2)nn(C2CC3(CCN(C)C3)C2)c1N. The van der Waals surface area contributed by atoms with Gasteiger partial charge in [0.05, 0.1) is 6.04 Å². The van der Waals surface area contributed by atoms with Gasteiger partial charge in [0.25, 0.3) is 5.91 Å². The number of amides is 1. The molecule has 1 saturated heterocycles. The summed E-state index contributed by atoms with van der Waals surface area (Å²) < 4.78 is 7.62. The predicted molar refractivity (Wildman–Crippen MR) is 142 cm³/mol. The highest BCUT2D eigenvalue weighted by molar-refractivity contribution is 6.04. The van der Waals surface area contributed by atoms with Crippen LogP contribution in [0.15, 0.2) is 48.7 Å². The number of nitrogen functional groups attached to an aromatic ring is 1. The van der Waals surface area contributed by atoms with Crippen LogP contribution in [0.2, 0.25) is 0 Å². The summed E-state index contributed by atoms with van der Waals surface area (Å²) in [7, 11) is 3.77. The second kappa shape index (κ2) is 11.3. The molecule has 1 aliphatic carbocycles. The van der Waals surface area contributed by atoms with Crippen LogP contribution in [0, 0.1) is 17.3 Å². The molecule has 0 atom stereocenters. The lowest BCUT2D eigenvalue weighted by Crippen LogP contribution is -2.41. The van der Waals surface area contributed by atoms with Gasteiger partial charge in [-0.25, -0.2) is 9.67 Å². The molecule has 2 aromatic heterocycles. The number of aldehydes is 1. The average Bonchev–Trinajstić information content (AvgIpc) is 3.45. The zero-order chi connectivity index (χ0) is 26.4. The molecular formula is C28H32N6O3. The van der Waals surface area contributed by atoms with Gasteiger partial charge in [-0.05, 0) is 69.3 Å². The fourth-order valence-corrected chi connectivity index (χ4v) is 5.13. The first-order chi connectivity index (χ1) is 17.9. The number of hydrogen-bond donors (Lipinski definition) is 2. The lowest BCUT2D eigenvalue weighted by molar-refractivity contribution is -0.103. The van der Waals surface area contributed by atoms with E-state index in [0.29, 0.717) is 40.4 Å². The third kappa shape index (κ3) is 5.65. The molecule has 0 radical (unpaired) electrons. The fraction of sp³-hybridized carbons (Fsp3) is 0.357. The molecule has 1 saturated carbocycles. The van der Waals surface area contributed by atoms with Crippen molar-refractivity contribution in [3.05, 3.63) is 54.2 Å². The number of likely N-dealkylation sites (tertiary alicyclic amines) is 1. The summed E-state index contributed by atoms with van der Waals surface area (Å²) in [5, 5.41) is 7.49. The van der Waals surface area contributed by atoms with E-state index in [0.717, 1.165) is 31.5 Å². The molecule has 9 nitrogen and oxygen atoms in total. The number of nitrogens with two attached hydrogens (primary N) is 1. The van der Waals surface area contributed by atoms with Crippen molar-refractivity contribution in [2.45, 2.75) is 32.2 Å². The topological polar surface area (TPSA) is 115 Å². The van der Waals surface area contributed by atoms with Crippen molar-refractivity contribution in [1.82, 2.24) is 25.0 Å². The van der Waals surface area contributed by atoms with Crippen molar-refractivity contribution in [2.24, 2.45) is 5.41 Å². The number of ether oxygens (including phenoxy) is 1. The lowest BCUT2D eigenvalue weighted by Gasteiger charge is -2.45. The summed E-state index contributed by atoms with van der Waals surface area (Å²) in [6.07, 6.45) is 5.53. The normalized spacial score (nSPS) is 20.1. The largest absolute Gasteiger partial charge is 0.439 e. The summed E-state index contributed by atoms with van der Waals surface area (Å²) in [4.78, 5) is 28.7. The number of hydrogen-bond acceptors (Lipinski definition) is 7. The van der Waals surface area contributed by atoms with Gasteiger partial charge in [0.2, 0.25) is 5.88 Å².